The first kappa shape index (κ1) is 15.5. The van der Waals surface area contributed by atoms with E-state index in [1.165, 1.54) is 19.3 Å². The summed E-state index contributed by atoms with van der Waals surface area (Å²) in [5.74, 6) is 2.05. The lowest BCUT2D eigenvalue weighted by atomic mass is 9.49. The molecule has 0 saturated heterocycles. The third-order valence-corrected chi connectivity index (χ3v) is 6.14. The molecule has 5 heteroatoms. The van der Waals surface area contributed by atoms with Crippen LogP contribution >= 0.6 is 0 Å². The number of phenolic OH excluding ortho intramolecular Hbond substituents is 1. The van der Waals surface area contributed by atoms with Gasteiger partial charge < -0.3 is 5.11 Å². The van der Waals surface area contributed by atoms with E-state index in [2.05, 4.69) is 10.9 Å². The number of nitrogens with one attached hydrogen (secondary N) is 2. The van der Waals surface area contributed by atoms with Gasteiger partial charge in [-0.05, 0) is 74.0 Å². The van der Waals surface area contributed by atoms with Crippen LogP contribution < -0.4 is 10.9 Å². The van der Waals surface area contributed by atoms with Crippen LogP contribution in [0.15, 0.2) is 24.3 Å². The molecule has 3 N–H and O–H groups in total. The highest BCUT2D eigenvalue weighted by atomic mass is 16.3. The van der Waals surface area contributed by atoms with Gasteiger partial charge in [0.1, 0.15) is 5.75 Å². The summed E-state index contributed by atoms with van der Waals surface area (Å²) < 4.78 is 0. The molecule has 0 radical (unpaired) electrons. The van der Waals surface area contributed by atoms with E-state index in [-0.39, 0.29) is 29.4 Å². The number of aromatic hydroxyl groups is 1. The van der Waals surface area contributed by atoms with Gasteiger partial charge in [-0.3, -0.25) is 20.4 Å². The van der Waals surface area contributed by atoms with Crippen molar-refractivity contribution in [3.63, 3.8) is 0 Å². The van der Waals surface area contributed by atoms with E-state index >= 15 is 0 Å². The molecule has 0 unspecified atom stereocenters. The molecular weight excluding hydrogens is 304 g/mol. The number of benzene rings is 1. The molecular formula is C19H24N2O3. The van der Waals surface area contributed by atoms with Crippen molar-refractivity contribution >= 4 is 11.8 Å². The Hall–Kier alpha value is -2.04. The average Bonchev–Trinajstić information content (AvgIpc) is 2.53. The molecule has 1 aromatic rings. The largest absolute Gasteiger partial charge is 0.508 e. The van der Waals surface area contributed by atoms with Crippen molar-refractivity contribution in [1.82, 2.24) is 10.9 Å². The minimum absolute atomic E-state index is 0.000608. The van der Waals surface area contributed by atoms with Crippen LogP contribution in [-0.4, -0.2) is 16.9 Å². The lowest BCUT2D eigenvalue weighted by molar-refractivity contribution is -0.148. The van der Waals surface area contributed by atoms with E-state index in [4.69, 9.17) is 0 Å². The summed E-state index contributed by atoms with van der Waals surface area (Å²) in [5.41, 5.74) is 5.80. The number of hydrazine groups is 1. The summed E-state index contributed by atoms with van der Waals surface area (Å²) in [6, 6.07) is 6.51. The smallest absolute Gasteiger partial charge is 0.244 e. The van der Waals surface area contributed by atoms with E-state index in [0.29, 0.717) is 17.8 Å². The van der Waals surface area contributed by atoms with Crippen LogP contribution in [0.3, 0.4) is 0 Å². The quantitative estimate of drug-likeness (QED) is 0.745. The number of amides is 2. The maximum Gasteiger partial charge on any atom is 0.244 e. The first-order valence-electron chi connectivity index (χ1n) is 8.90. The van der Waals surface area contributed by atoms with Crippen molar-refractivity contribution in [2.75, 3.05) is 0 Å². The Balaban J connectivity index is 1.33. The molecule has 0 heterocycles. The zero-order chi connectivity index (χ0) is 16.7. The van der Waals surface area contributed by atoms with E-state index in [9.17, 15) is 14.7 Å². The Morgan fingerprint density at radius 1 is 0.958 bits per heavy atom. The number of carbonyl (C=O) groups excluding carboxylic acids is 2. The highest BCUT2D eigenvalue weighted by Crippen LogP contribution is 2.59. The van der Waals surface area contributed by atoms with Crippen LogP contribution in [0, 0.1) is 23.2 Å². The molecule has 0 spiro atoms. The van der Waals surface area contributed by atoms with Crippen LogP contribution in [0.25, 0.3) is 0 Å². The zero-order valence-corrected chi connectivity index (χ0v) is 13.8. The Kier molecular flexibility index (Phi) is 3.74. The first-order valence-corrected chi connectivity index (χ1v) is 8.90. The molecule has 5 rings (SSSR count). The topological polar surface area (TPSA) is 78.4 Å². The van der Waals surface area contributed by atoms with Crippen LogP contribution in [0.1, 0.15) is 44.1 Å². The van der Waals surface area contributed by atoms with Gasteiger partial charge >= 0.3 is 0 Å². The summed E-state index contributed by atoms with van der Waals surface area (Å²) in [6.07, 6.45) is 7.01. The second-order valence-electron chi connectivity index (χ2n) is 8.04. The molecule has 0 atom stereocenters. The monoisotopic (exact) mass is 328 g/mol. The summed E-state index contributed by atoms with van der Waals surface area (Å²) in [4.78, 5) is 24.8. The Bertz CT molecular complexity index is 618. The standard InChI is InChI=1S/C19H24N2O3/c22-16-3-1-12(2-4-16)8-17(23)20-21-18(24)19-9-13-5-14(10-19)7-15(6-13)11-19/h1-4,13-15,22H,5-11H2,(H,20,23)(H,21,24). The second kappa shape index (κ2) is 5.80. The molecule has 0 aromatic heterocycles. The van der Waals surface area contributed by atoms with Gasteiger partial charge in [0.25, 0.3) is 0 Å². The lowest BCUT2D eigenvalue weighted by Gasteiger charge is -2.55. The Morgan fingerprint density at radius 2 is 1.50 bits per heavy atom. The molecule has 4 aliphatic carbocycles. The highest BCUT2D eigenvalue weighted by molar-refractivity contribution is 5.86. The van der Waals surface area contributed by atoms with Gasteiger partial charge in [0.2, 0.25) is 11.8 Å². The fraction of sp³-hybridized carbons (Fsp3) is 0.579. The second-order valence-corrected chi connectivity index (χ2v) is 8.04. The van der Waals surface area contributed by atoms with Gasteiger partial charge in [-0.1, -0.05) is 12.1 Å². The number of hydrogen-bond acceptors (Lipinski definition) is 3. The third-order valence-electron chi connectivity index (χ3n) is 6.14. The van der Waals surface area contributed by atoms with Gasteiger partial charge in [0.15, 0.2) is 0 Å². The van der Waals surface area contributed by atoms with Gasteiger partial charge in [-0.15, -0.1) is 0 Å². The predicted molar refractivity (Wildman–Crippen MR) is 88.7 cm³/mol. The van der Waals surface area contributed by atoms with Crippen LogP contribution in [0.5, 0.6) is 5.75 Å². The van der Waals surface area contributed by atoms with Crippen molar-refractivity contribution in [2.24, 2.45) is 23.2 Å². The van der Waals surface area contributed by atoms with Crippen molar-refractivity contribution in [2.45, 2.75) is 44.9 Å². The van der Waals surface area contributed by atoms with Gasteiger partial charge in [-0.2, -0.15) is 0 Å². The fourth-order valence-electron chi connectivity index (χ4n) is 5.49. The molecule has 0 aliphatic heterocycles. The number of hydrogen-bond donors (Lipinski definition) is 3. The third kappa shape index (κ3) is 2.87. The molecule has 2 amide bonds. The predicted octanol–water partition coefficient (Wildman–Crippen LogP) is 2.30. The molecule has 4 saturated carbocycles. The fourth-order valence-corrected chi connectivity index (χ4v) is 5.49. The van der Waals surface area contributed by atoms with Crippen LogP contribution in [0.4, 0.5) is 0 Å². The number of carbonyl (C=O) groups is 2. The van der Waals surface area contributed by atoms with Crippen molar-refractivity contribution < 1.29 is 14.7 Å². The molecule has 24 heavy (non-hydrogen) atoms. The van der Waals surface area contributed by atoms with Gasteiger partial charge in [-0.25, -0.2) is 0 Å². The van der Waals surface area contributed by atoms with Gasteiger partial charge in [0.05, 0.1) is 11.8 Å². The maximum atomic E-state index is 12.7. The molecule has 4 fully saturated rings. The number of phenols is 1. The molecule has 4 bridgehead atoms. The maximum absolute atomic E-state index is 12.7. The number of rotatable bonds is 3. The minimum atomic E-state index is -0.249. The molecule has 1 aromatic carbocycles. The average molecular weight is 328 g/mol. The summed E-state index contributed by atoms with van der Waals surface area (Å²) in [7, 11) is 0. The van der Waals surface area contributed by atoms with E-state index in [1.807, 2.05) is 0 Å². The Labute approximate surface area is 141 Å². The first-order chi connectivity index (χ1) is 11.5. The molecule has 5 nitrogen and oxygen atoms in total. The van der Waals surface area contributed by atoms with Crippen molar-refractivity contribution in [3.8, 4) is 5.75 Å². The van der Waals surface area contributed by atoms with E-state index < -0.39 is 0 Å². The molecule has 4 aliphatic rings. The highest BCUT2D eigenvalue weighted by Gasteiger charge is 2.54. The van der Waals surface area contributed by atoms with Crippen molar-refractivity contribution in [3.05, 3.63) is 29.8 Å². The van der Waals surface area contributed by atoms with E-state index in [1.54, 1.807) is 24.3 Å². The van der Waals surface area contributed by atoms with Crippen molar-refractivity contribution in [1.29, 1.82) is 0 Å². The minimum Gasteiger partial charge on any atom is -0.508 e. The Morgan fingerprint density at radius 3 is 2.04 bits per heavy atom. The zero-order valence-electron chi connectivity index (χ0n) is 13.8. The van der Waals surface area contributed by atoms with E-state index in [0.717, 1.165) is 24.8 Å². The summed E-state index contributed by atoms with van der Waals surface area (Å²) >= 11 is 0. The van der Waals surface area contributed by atoms with Crippen LogP contribution in [0.2, 0.25) is 0 Å². The molecule has 128 valence electrons. The SMILES string of the molecule is O=C(Cc1ccc(O)cc1)NNC(=O)C12CC3CC(CC(C3)C1)C2. The summed E-state index contributed by atoms with van der Waals surface area (Å²) in [6.45, 7) is 0. The van der Waals surface area contributed by atoms with Gasteiger partial charge in [0, 0.05) is 0 Å². The lowest BCUT2D eigenvalue weighted by Crippen LogP contribution is -2.56. The normalized spacial score (nSPS) is 33.2. The van der Waals surface area contributed by atoms with Crippen LogP contribution in [-0.2, 0) is 16.0 Å². The summed E-state index contributed by atoms with van der Waals surface area (Å²) in [5, 5.41) is 9.26.